The van der Waals surface area contributed by atoms with Crippen molar-refractivity contribution < 1.29 is 0 Å². The lowest BCUT2D eigenvalue weighted by molar-refractivity contribution is 0.948. The van der Waals surface area contributed by atoms with Gasteiger partial charge in [-0.25, -0.2) is 4.98 Å². The minimum Gasteiger partial charge on any atom is -0.399 e. The fraction of sp³-hybridized carbons (Fsp3) is 0.300. The van der Waals surface area contributed by atoms with Gasteiger partial charge in [0.2, 0.25) is 0 Å². The second-order valence-electron chi connectivity index (χ2n) is 2.60. The summed E-state index contributed by atoms with van der Waals surface area (Å²) in [6.45, 7) is 4.00. The van der Waals surface area contributed by atoms with Gasteiger partial charge in [0, 0.05) is 12.7 Å². The van der Waals surface area contributed by atoms with Crippen LogP contribution in [-0.4, -0.2) is 9.55 Å². The molecule has 2 aromatic rings. The predicted molar refractivity (Wildman–Crippen MR) is 56.5 cm³/mol. The molecule has 0 unspecified atom stereocenters. The van der Waals surface area contributed by atoms with Crippen LogP contribution in [0.3, 0.4) is 0 Å². The van der Waals surface area contributed by atoms with Gasteiger partial charge in [0.1, 0.15) is 0 Å². The molecule has 0 aliphatic carbocycles. The molecular weight excluding hydrogens is 162 g/mol. The summed E-state index contributed by atoms with van der Waals surface area (Å²) in [6, 6.07) is 5.70. The lowest BCUT2D eigenvalue weighted by Crippen LogP contribution is -1.87. The molecule has 0 spiro atoms. The van der Waals surface area contributed by atoms with Crippen LogP contribution in [0.25, 0.3) is 11.0 Å². The lowest BCUT2D eigenvalue weighted by Gasteiger charge is -1.94. The van der Waals surface area contributed by atoms with E-state index in [0.717, 1.165) is 16.7 Å². The van der Waals surface area contributed by atoms with E-state index in [-0.39, 0.29) is 0 Å². The van der Waals surface area contributed by atoms with E-state index in [2.05, 4.69) is 4.98 Å². The molecule has 1 aromatic heterocycles. The molecule has 3 heteroatoms. The summed E-state index contributed by atoms with van der Waals surface area (Å²) in [5.74, 6) is 0. The number of hydrogen-bond donors (Lipinski definition) is 1. The molecular formula is C10H15N3. The van der Waals surface area contributed by atoms with E-state index in [9.17, 15) is 0 Å². The summed E-state index contributed by atoms with van der Waals surface area (Å²) in [6.07, 6.45) is 1.78. The molecule has 0 saturated carbocycles. The minimum absolute atomic E-state index is 0.779. The number of anilines is 1. The SMILES string of the molecule is CC.Cn1cnc2ccc(N)cc21. The molecule has 13 heavy (non-hydrogen) atoms. The molecule has 0 radical (unpaired) electrons. The standard InChI is InChI=1S/C8H9N3.C2H6/c1-11-5-10-7-3-2-6(9)4-8(7)11;1-2/h2-5H,9H2,1H3;1-2H3. The number of imidazole rings is 1. The van der Waals surface area contributed by atoms with E-state index >= 15 is 0 Å². The molecule has 1 heterocycles. The summed E-state index contributed by atoms with van der Waals surface area (Å²) in [5.41, 5.74) is 8.45. The van der Waals surface area contributed by atoms with Crippen LogP contribution in [0.1, 0.15) is 13.8 Å². The van der Waals surface area contributed by atoms with E-state index in [4.69, 9.17) is 5.73 Å². The van der Waals surface area contributed by atoms with Crippen LogP contribution >= 0.6 is 0 Å². The molecule has 0 bridgehead atoms. The van der Waals surface area contributed by atoms with Crippen molar-refractivity contribution >= 4 is 16.7 Å². The summed E-state index contributed by atoms with van der Waals surface area (Å²) in [7, 11) is 1.95. The molecule has 70 valence electrons. The number of fused-ring (bicyclic) bond motifs is 1. The monoisotopic (exact) mass is 177 g/mol. The third kappa shape index (κ3) is 1.80. The lowest BCUT2D eigenvalue weighted by atomic mass is 10.3. The highest BCUT2D eigenvalue weighted by molar-refractivity contribution is 5.78. The molecule has 0 aliphatic rings. The zero-order chi connectivity index (χ0) is 9.84. The molecule has 2 N–H and O–H groups in total. The van der Waals surface area contributed by atoms with E-state index in [0.29, 0.717) is 0 Å². The van der Waals surface area contributed by atoms with Gasteiger partial charge >= 0.3 is 0 Å². The number of nitrogen functional groups attached to an aromatic ring is 1. The van der Waals surface area contributed by atoms with Gasteiger partial charge in [-0.05, 0) is 18.2 Å². The first kappa shape index (κ1) is 9.58. The summed E-state index contributed by atoms with van der Waals surface area (Å²) >= 11 is 0. The van der Waals surface area contributed by atoms with Gasteiger partial charge in [0.05, 0.1) is 17.4 Å². The Morgan fingerprint density at radius 2 is 2.00 bits per heavy atom. The van der Waals surface area contributed by atoms with Crippen LogP contribution in [0.15, 0.2) is 24.5 Å². The fourth-order valence-corrected chi connectivity index (χ4v) is 1.14. The van der Waals surface area contributed by atoms with E-state index < -0.39 is 0 Å². The number of hydrogen-bond acceptors (Lipinski definition) is 2. The number of aromatic nitrogens is 2. The third-order valence-electron chi connectivity index (χ3n) is 1.75. The summed E-state index contributed by atoms with van der Waals surface area (Å²) in [5, 5.41) is 0. The van der Waals surface area contributed by atoms with Crippen LogP contribution < -0.4 is 5.73 Å². The maximum Gasteiger partial charge on any atom is 0.0955 e. The molecule has 0 saturated heterocycles. The van der Waals surface area contributed by atoms with Crippen LogP contribution in [0.4, 0.5) is 5.69 Å². The number of rotatable bonds is 0. The molecule has 2 rings (SSSR count). The highest BCUT2D eigenvalue weighted by Crippen LogP contribution is 2.14. The zero-order valence-electron chi connectivity index (χ0n) is 8.28. The van der Waals surface area contributed by atoms with Gasteiger partial charge < -0.3 is 10.3 Å². The predicted octanol–water partition coefficient (Wildman–Crippen LogP) is 2.18. The van der Waals surface area contributed by atoms with Gasteiger partial charge in [-0.3, -0.25) is 0 Å². The van der Waals surface area contributed by atoms with Crippen molar-refractivity contribution in [3.63, 3.8) is 0 Å². The smallest absolute Gasteiger partial charge is 0.0955 e. The van der Waals surface area contributed by atoms with Gasteiger partial charge in [-0.2, -0.15) is 0 Å². The van der Waals surface area contributed by atoms with Crippen LogP contribution in [0.5, 0.6) is 0 Å². The van der Waals surface area contributed by atoms with E-state index in [1.54, 1.807) is 6.33 Å². The Morgan fingerprint density at radius 1 is 1.31 bits per heavy atom. The van der Waals surface area contributed by atoms with Gasteiger partial charge in [-0.15, -0.1) is 0 Å². The molecule has 0 aliphatic heterocycles. The zero-order valence-corrected chi connectivity index (χ0v) is 8.28. The number of nitrogens with zero attached hydrogens (tertiary/aromatic N) is 2. The quantitative estimate of drug-likeness (QED) is 0.627. The third-order valence-corrected chi connectivity index (χ3v) is 1.75. The Bertz CT molecular complexity index is 390. The van der Waals surface area contributed by atoms with Gasteiger partial charge in [0.15, 0.2) is 0 Å². The van der Waals surface area contributed by atoms with Crippen molar-refractivity contribution in [3.05, 3.63) is 24.5 Å². The molecule has 0 fully saturated rings. The first-order valence-electron chi connectivity index (χ1n) is 4.44. The largest absolute Gasteiger partial charge is 0.399 e. The first-order valence-corrected chi connectivity index (χ1v) is 4.44. The maximum atomic E-state index is 5.61. The number of nitrogens with two attached hydrogens (primary N) is 1. The summed E-state index contributed by atoms with van der Waals surface area (Å²) < 4.78 is 1.95. The fourth-order valence-electron chi connectivity index (χ4n) is 1.14. The van der Waals surface area contributed by atoms with Gasteiger partial charge in [0.25, 0.3) is 0 Å². The molecule has 0 amide bonds. The Balaban J connectivity index is 0.000000396. The van der Waals surface area contributed by atoms with E-state index in [1.807, 2.05) is 43.7 Å². The van der Waals surface area contributed by atoms with Crippen molar-refractivity contribution in [2.45, 2.75) is 13.8 Å². The van der Waals surface area contributed by atoms with Crippen LogP contribution in [0, 0.1) is 0 Å². The second-order valence-corrected chi connectivity index (χ2v) is 2.60. The highest BCUT2D eigenvalue weighted by Gasteiger charge is 1.97. The normalized spacial score (nSPS) is 9.46. The average molecular weight is 177 g/mol. The Kier molecular flexibility index (Phi) is 2.90. The number of aryl methyl sites for hydroxylation is 1. The van der Waals surface area contributed by atoms with Crippen LogP contribution in [-0.2, 0) is 7.05 Å². The van der Waals surface area contributed by atoms with Crippen molar-refractivity contribution in [1.82, 2.24) is 9.55 Å². The Labute approximate surface area is 78.2 Å². The van der Waals surface area contributed by atoms with Crippen molar-refractivity contribution in [2.75, 3.05) is 5.73 Å². The van der Waals surface area contributed by atoms with Crippen molar-refractivity contribution in [3.8, 4) is 0 Å². The topological polar surface area (TPSA) is 43.8 Å². The molecule has 1 aromatic carbocycles. The van der Waals surface area contributed by atoms with Crippen molar-refractivity contribution in [1.29, 1.82) is 0 Å². The Hall–Kier alpha value is -1.51. The highest BCUT2D eigenvalue weighted by atomic mass is 15.0. The van der Waals surface area contributed by atoms with Crippen LogP contribution in [0.2, 0.25) is 0 Å². The van der Waals surface area contributed by atoms with Crippen molar-refractivity contribution in [2.24, 2.45) is 7.05 Å². The Morgan fingerprint density at radius 3 is 2.69 bits per heavy atom. The molecule has 3 nitrogen and oxygen atoms in total. The number of benzene rings is 1. The second kappa shape index (κ2) is 3.94. The van der Waals surface area contributed by atoms with Gasteiger partial charge in [-0.1, -0.05) is 13.8 Å². The summed E-state index contributed by atoms with van der Waals surface area (Å²) in [4.78, 5) is 4.17. The average Bonchev–Trinajstić information content (AvgIpc) is 2.52. The first-order chi connectivity index (χ1) is 6.27. The molecule has 0 atom stereocenters. The van der Waals surface area contributed by atoms with E-state index in [1.165, 1.54) is 0 Å². The maximum absolute atomic E-state index is 5.61. The minimum atomic E-state index is 0.779.